The van der Waals surface area contributed by atoms with Crippen LogP contribution in [0.3, 0.4) is 0 Å². The summed E-state index contributed by atoms with van der Waals surface area (Å²) in [7, 11) is 0. The highest BCUT2D eigenvalue weighted by Crippen LogP contribution is 2.15. The van der Waals surface area contributed by atoms with Crippen LogP contribution in [0.2, 0.25) is 0 Å². The summed E-state index contributed by atoms with van der Waals surface area (Å²) in [6.07, 6.45) is -1.21. The molecule has 1 N–H and O–H groups in total. The van der Waals surface area contributed by atoms with E-state index in [-0.39, 0.29) is 11.4 Å². The largest absolute Gasteiger partial charge is 0.447 e. The summed E-state index contributed by atoms with van der Waals surface area (Å²) in [5, 5.41) is 5.71. The van der Waals surface area contributed by atoms with Gasteiger partial charge in [0.2, 0.25) is 5.76 Å². The number of aromatic nitrogens is 1. The molecule has 0 unspecified atom stereocenters. The van der Waals surface area contributed by atoms with Crippen LogP contribution in [-0.2, 0) is 9.53 Å². The number of ether oxygens (including phenoxy) is 1. The number of hydrogen-bond donors (Lipinski definition) is 1. The highest BCUT2D eigenvalue weighted by atomic mass is 19.1. The number of halogens is 2. The van der Waals surface area contributed by atoms with E-state index in [9.17, 15) is 18.4 Å². The number of carbonyl (C=O) groups excluding carboxylic acids is 2. The normalized spacial score (nSPS) is 11.8. The summed E-state index contributed by atoms with van der Waals surface area (Å²) in [4.78, 5) is 23.5. The molecule has 0 radical (unpaired) electrons. The summed E-state index contributed by atoms with van der Waals surface area (Å²) < 4.78 is 35.8. The Morgan fingerprint density at radius 2 is 2.05 bits per heavy atom. The molecule has 1 heterocycles. The monoisotopic (exact) mass is 310 g/mol. The Kier molecular flexibility index (Phi) is 4.50. The van der Waals surface area contributed by atoms with Gasteiger partial charge in [-0.2, -0.15) is 0 Å². The number of amides is 1. The van der Waals surface area contributed by atoms with Crippen LogP contribution < -0.4 is 5.32 Å². The molecule has 1 atom stereocenters. The van der Waals surface area contributed by atoms with Crippen LogP contribution in [0, 0.1) is 18.6 Å². The SMILES string of the molecule is Cc1cc(C(=O)O[C@H](C)C(=O)Nc2ccc(F)cc2F)on1. The van der Waals surface area contributed by atoms with E-state index < -0.39 is 29.6 Å². The van der Waals surface area contributed by atoms with Gasteiger partial charge in [-0.25, -0.2) is 13.6 Å². The van der Waals surface area contributed by atoms with Crippen LogP contribution in [0.15, 0.2) is 28.8 Å². The van der Waals surface area contributed by atoms with Crippen molar-refractivity contribution in [3.8, 4) is 0 Å². The van der Waals surface area contributed by atoms with Gasteiger partial charge in [0.15, 0.2) is 6.10 Å². The predicted molar refractivity (Wildman–Crippen MR) is 71.1 cm³/mol. The highest BCUT2D eigenvalue weighted by molar-refractivity contribution is 5.96. The topological polar surface area (TPSA) is 81.4 Å². The van der Waals surface area contributed by atoms with Crippen molar-refractivity contribution in [2.45, 2.75) is 20.0 Å². The number of nitrogens with one attached hydrogen (secondary N) is 1. The van der Waals surface area contributed by atoms with Crippen molar-refractivity contribution in [3.63, 3.8) is 0 Å². The third kappa shape index (κ3) is 3.66. The molecular weight excluding hydrogens is 298 g/mol. The van der Waals surface area contributed by atoms with E-state index in [1.165, 1.54) is 13.0 Å². The van der Waals surface area contributed by atoms with E-state index in [1.807, 2.05) is 0 Å². The van der Waals surface area contributed by atoms with E-state index in [2.05, 4.69) is 10.5 Å². The molecule has 1 amide bonds. The van der Waals surface area contributed by atoms with Crippen LogP contribution in [-0.4, -0.2) is 23.1 Å². The molecule has 0 saturated heterocycles. The maximum Gasteiger partial charge on any atom is 0.377 e. The van der Waals surface area contributed by atoms with Crippen molar-refractivity contribution < 1.29 is 27.6 Å². The first-order valence-corrected chi connectivity index (χ1v) is 6.27. The zero-order valence-corrected chi connectivity index (χ0v) is 11.7. The van der Waals surface area contributed by atoms with Gasteiger partial charge in [0, 0.05) is 12.1 Å². The Balaban J connectivity index is 1.98. The lowest BCUT2D eigenvalue weighted by Crippen LogP contribution is -2.30. The van der Waals surface area contributed by atoms with Crippen LogP contribution >= 0.6 is 0 Å². The second-order valence-corrected chi connectivity index (χ2v) is 4.49. The molecule has 116 valence electrons. The van der Waals surface area contributed by atoms with Crippen molar-refractivity contribution >= 4 is 17.6 Å². The summed E-state index contributed by atoms with van der Waals surface area (Å²) in [6, 6.07) is 4.04. The van der Waals surface area contributed by atoms with Crippen molar-refractivity contribution in [2.75, 3.05) is 5.32 Å². The molecule has 2 aromatic rings. The molecule has 0 spiro atoms. The lowest BCUT2D eigenvalue weighted by molar-refractivity contribution is -0.123. The Bertz CT molecular complexity index is 715. The number of aryl methyl sites for hydroxylation is 1. The fraction of sp³-hybridized carbons (Fsp3) is 0.214. The highest BCUT2D eigenvalue weighted by Gasteiger charge is 2.22. The summed E-state index contributed by atoms with van der Waals surface area (Å²) >= 11 is 0. The van der Waals surface area contributed by atoms with Crippen molar-refractivity contribution in [2.24, 2.45) is 0 Å². The average molecular weight is 310 g/mol. The van der Waals surface area contributed by atoms with Gasteiger partial charge in [-0.1, -0.05) is 5.16 Å². The van der Waals surface area contributed by atoms with E-state index in [0.29, 0.717) is 11.8 Å². The number of esters is 1. The molecule has 0 fully saturated rings. The molecular formula is C14H12F2N2O4. The zero-order chi connectivity index (χ0) is 16.3. The van der Waals surface area contributed by atoms with E-state index in [4.69, 9.17) is 9.26 Å². The van der Waals surface area contributed by atoms with Gasteiger partial charge in [-0.15, -0.1) is 0 Å². The third-order valence-electron chi connectivity index (χ3n) is 2.67. The van der Waals surface area contributed by atoms with Gasteiger partial charge < -0.3 is 14.6 Å². The molecule has 0 bridgehead atoms. The number of rotatable bonds is 4. The standard InChI is InChI=1S/C14H12F2N2O4/c1-7-5-12(22-18-7)14(20)21-8(2)13(19)17-11-4-3-9(15)6-10(11)16/h3-6,8H,1-2H3,(H,17,19)/t8-/m1/s1. The lowest BCUT2D eigenvalue weighted by atomic mass is 10.2. The molecule has 6 nitrogen and oxygen atoms in total. The minimum absolute atomic E-state index is 0.148. The minimum Gasteiger partial charge on any atom is -0.447 e. The van der Waals surface area contributed by atoms with Gasteiger partial charge >= 0.3 is 5.97 Å². The Morgan fingerprint density at radius 1 is 1.32 bits per heavy atom. The third-order valence-corrected chi connectivity index (χ3v) is 2.67. The van der Waals surface area contributed by atoms with Crippen LogP contribution in [0.5, 0.6) is 0 Å². The zero-order valence-electron chi connectivity index (χ0n) is 11.7. The van der Waals surface area contributed by atoms with Crippen molar-refractivity contribution in [1.82, 2.24) is 5.16 Å². The second-order valence-electron chi connectivity index (χ2n) is 4.49. The van der Waals surface area contributed by atoms with Crippen LogP contribution in [0.25, 0.3) is 0 Å². The van der Waals surface area contributed by atoms with Gasteiger partial charge in [0.05, 0.1) is 11.4 Å². The first-order chi connectivity index (χ1) is 10.4. The fourth-order valence-corrected chi connectivity index (χ4v) is 1.56. The van der Waals surface area contributed by atoms with Crippen molar-refractivity contribution in [3.05, 3.63) is 47.4 Å². The van der Waals surface area contributed by atoms with Crippen LogP contribution in [0.4, 0.5) is 14.5 Å². The summed E-state index contributed by atoms with van der Waals surface area (Å²) in [6.45, 7) is 2.92. The molecule has 0 aliphatic rings. The number of hydrogen-bond acceptors (Lipinski definition) is 5. The Hall–Kier alpha value is -2.77. The molecule has 0 aliphatic carbocycles. The van der Waals surface area contributed by atoms with E-state index >= 15 is 0 Å². The molecule has 22 heavy (non-hydrogen) atoms. The maximum atomic E-state index is 13.4. The summed E-state index contributed by atoms with van der Waals surface area (Å²) in [5.74, 6) is -3.49. The van der Waals surface area contributed by atoms with E-state index in [0.717, 1.165) is 12.1 Å². The second kappa shape index (κ2) is 6.33. The van der Waals surface area contributed by atoms with E-state index in [1.54, 1.807) is 6.92 Å². The van der Waals surface area contributed by atoms with Gasteiger partial charge in [0.25, 0.3) is 5.91 Å². The molecule has 1 aromatic heterocycles. The molecule has 0 aliphatic heterocycles. The molecule has 2 rings (SSSR count). The number of carbonyl (C=O) groups is 2. The average Bonchev–Trinajstić information content (AvgIpc) is 2.88. The van der Waals surface area contributed by atoms with Crippen molar-refractivity contribution in [1.29, 1.82) is 0 Å². The Morgan fingerprint density at radius 3 is 2.64 bits per heavy atom. The lowest BCUT2D eigenvalue weighted by Gasteiger charge is -2.12. The van der Waals surface area contributed by atoms with Gasteiger partial charge in [-0.05, 0) is 26.0 Å². The number of nitrogens with zero attached hydrogens (tertiary/aromatic N) is 1. The predicted octanol–water partition coefficient (Wildman–Crippen LogP) is 2.45. The Labute approximate surface area is 124 Å². The first kappa shape index (κ1) is 15.6. The fourth-order valence-electron chi connectivity index (χ4n) is 1.56. The number of anilines is 1. The molecule has 8 heteroatoms. The number of benzene rings is 1. The minimum atomic E-state index is -1.21. The molecule has 1 aromatic carbocycles. The molecule has 0 saturated carbocycles. The van der Waals surface area contributed by atoms with Gasteiger partial charge in [0.1, 0.15) is 11.6 Å². The van der Waals surface area contributed by atoms with Gasteiger partial charge in [-0.3, -0.25) is 4.79 Å². The smallest absolute Gasteiger partial charge is 0.377 e. The quantitative estimate of drug-likeness (QED) is 0.877. The first-order valence-electron chi connectivity index (χ1n) is 6.27. The van der Waals surface area contributed by atoms with Crippen LogP contribution in [0.1, 0.15) is 23.2 Å². The summed E-state index contributed by atoms with van der Waals surface area (Å²) in [5.41, 5.74) is 0.266. The maximum absolute atomic E-state index is 13.4.